The molecule has 1 unspecified atom stereocenters. The van der Waals surface area contributed by atoms with Crippen molar-refractivity contribution in [2.24, 2.45) is 11.7 Å². The predicted molar refractivity (Wildman–Crippen MR) is 61.3 cm³/mol. The minimum absolute atomic E-state index is 0.0125. The molecule has 1 saturated carbocycles. The van der Waals surface area contributed by atoms with E-state index in [-0.39, 0.29) is 11.9 Å². The highest BCUT2D eigenvalue weighted by Gasteiger charge is 2.29. The van der Waals surface area contributed by atoms with Crippen molar-refractivity contribution >= 4 is 17.7 Å². The van der Waals surface area contributed by atoms with Crippen molar-refractivity contribution in [3.05, 3.63) is 0 Å². The lowest BCUT2D eigenvalue weighted by Gasteiger charge is -2.16. The topological polar surface area (TPSA) is 55.1 Å². The molecule has 0 spiro atoms. The van der Waals surface area contributed by atoms with Gasteiger partial charge in [0.1, 0.15) is 0 Å². The molecule has 14 heavy (non-hydrogen) atoms. The number of nitrogens with two attached hydrogens (primary N) is 1. The third kappa shape index (κ3) is 3.88. The number of hydrogen-bond donors (Lipinski definition) is 2. The fourth-order valence-electron chi connectivity index (χ4n) is 1.42. The average Bonchev–Trinajstić information content (AvgIpc) is 2.96. The highest BCUT2D eigenvalue weighted by Crippen LogP contribution is 2.32. The van der Waals surface area contributed by atoms with Crippen molar-refractivity contribution < 1.29 is 4.79 Å². The van der Waals surface area contributed by atoms with Crippen molar-refractivity contribution in [1.29, 1.82) is 0 Å². The second-order valence-corrected chi connectivity index (χ2v) is 5.01. The van der Waals surface area contributed by atoms with E-state index in [0.717, 1.165) is 12.2 Å². The van der Waals surface area contributed by atoms with Crippen molar-refractivity contribution in [1.82, 2.24) is 5.32 Å². The maximum atomic E-state index is 11.5. The Balaban J connectivity index is 2.18. The number of nitrogens with one attached hydrogen (secondary N) is 1. The number of thioether (sulfide) groups is 1. The Hall–Kier alpha value is -0.220. The fraction of sp³-hybridized carbons (Fsp3) is 0.900. The molecule has 3 N–H and O–H groups in total. The molecule has 0 aromatic rings. The van der Waals surface area contributed by atoms with Crippen LogP contribution in [0.5, 0.6) is 0 Å². The summed E-state index contributed by atoms with van der Waals surface area (Å²) in [7, 11) is 0. The van der Waals surface area contributed by atoms with Gasteiger partial charge in [-0.25, -0.2) is 0 Å². The van der Waals surface area contributed by atoms with Crippen LogP contribution in [0.2, 0.25) is 0 Å². The normalized spacial score (nSPS) is 20.2. The molecule has 0 bridgehead atoms. The summed E-state index contributed by atoms with van der Waals surface area (Å²) in [6.45, 7) is 2.07. The van der Waals surface area contributed by atoms with Gasteiger partial charge in [0.05, 0.1) is 6.04 Å². The molecule has 0 aromatic carbocycles. The fourth-order valence-corrected chi connectivity index (χ4v) is 1.91. The van der Waals surface area contributed by atoms with Gasteiger partial charge in [0.2, 0.25) is 5.91 Å². The molecule has 1 fully saturated rings. The summed E-state index contributed by atoms with van der Waals surface area (Å²) in [4.78, 5) is 11.5. The summed E-state index contributed by atoms with van der Waals surface area (Å²) >= 11 is 1.72. The Morgan fingerprint density at radius 1 is 1.64 bits per heavy atom. The number of hydrogen-bond acceptors (Lipinski definition) is 3. The molecular formula is C10H20N2OS. The van der Waals surface area contributed by atoms with E-state index in [1.807, 2.05) is 6.26 Å². The van der Waals surface area contributed by atoms with E-state index in [4.69, 9.17) is 5.73 Å². The van der Waals surface area contributed by atoms with Crippen molar-refractivity contribution in [3.63, 3.8) is 0 Å². The van der Waals surface area contributed by atoms with Crippen LogP contribution in [-0.2, 0) is 4.79 Å². The van der Waals surface area contributed by atoms with E-state index in [1.165, 1.54) is 12.8 Å². The summed E-state index contributed by atoms with van der Waals surface area (Å²) < 4.78 is 0. The molecule has 82 valence electrons. The second-order valence-electron chi connectivity index (χ2n) is 4.02. The van der Waals surface area contributed by atoms with Gasteiger partial charge in [-0.2, -0.15) is 11.8 Å². The second kappa shape index (κ2) is 5.61. The first kappa shape index (κ1) is 11.9. The average molecular weight is 216 g/mol. The van der Waals surface area contributed by atoms with Crippen LogP contribution >= 0.6 is 11.8 Å². The zero-order valence-corrected chi connectivity index (χ0v) is 9.77. The molecule has 1 aliphatic rings. The minimum Gasteiger partial charge on any atom is -0.352 e. The van der Waals surface area contributed by atoms with E-state index in [1.54, 1.807) is 11.8 Å². The van der Waals surface area contributed by atoms with Crippen LogP contribution in [0.25, 0.3) is 0 Å². The van der Waals surface area contributed by atoms with E-state index < -0.39 is 0 Å². The molecule has 1 amide bonds. The van der Waals surface area contributed by atoms with Crippen LogP contribution in [-0.4, -0.2) is 30.0 Å². The van der Waals surface area contributed by atoms with Crippen LogP contribution in [0, 0.1) is 5.92 Å². The van der Waals surface area contributed by atoms with Gasteiger partial charge < -0.3 is 11.1 Å². The van der Waals surface area contributed by atoms with Crippen LogP contribution in [0.3, 0.4) is 0 Å². The first-order chi connectivity index (χ1) is 6.65. The summed E-state index contributed by atoms with van der Waals surface area (Å²) in [5.74, 6) is 1.66. The van der Waals surface area contributed by atoms with E-state index in [9.17, 15) is 4.79 Å². The van der Waals surface area contributed by atoms with Gasteiger partial charge >= 0.3 is 0 Å². The Labute approximate surface area is 90.2 Å². The zero-order chi connectivity index (χ0) is 10.6. The van der Waals surface area contributed by atoms with Gasteiger partial charge in [0, 0.05) is 6.04 Å². The summed E-state index contributed by atoms with van der Waals surface area (Å²) in [6.07, 6.45) is 5.30. The molecule has 0 saturated heterocycles. The molecule has 0 radical (unpaired) electrons. The molecule has 1 rings (SSSR count). The lowest BCUT2D eigenvalue weighted by Crippen LogP contribution is -2.45. The monoisotopic (exact) mass is 216 g/mol. The van der Waals surface area contributed by atoms with Crippen LogP contribution < -0.4 is 11.1 Å². The van der Waals surface area contributed by atoms with Gasteiger partial charge in [0.15, 0.2) is 0 Å². The van der Waals surface area contributed by atoms with Crippen molar-refractivity contribution in [3.8, 4) is 0 Å². The third-order valence-corrected chi connectivity index (χ3v) is 3.31. The summed E-state index contributed by atoms with van der Waals surface area (Å²) in [5.41, 5.74) is 5.75. The standard InChI is InChI=1S/C10H20N2OS/c1-7(8-3-4-8)12-10(13)9(11)5-6-14-2/h7-9H,3-6,11H2,1-2H3,(H,12,13)/t7?,9-/m1/s1. The molecule has 0 aliphatic heterocycles. The van der Waals surface area contributed by atoms with Crippen LogP contribution in [0.15, 0.2) is 0 Å². The highest BCUT2D eigenvalue weighted by atomic mass is 32.2. The summed E-state index contributed by atoms with van der Waals surface area (Å²) in [6, 6.07) is -0.0218. The number of rotatable bonds is 6. The van der Waals surface area contributed by atoms with Gasteiger partial charge in [-0.05, 0) is 44.1 Å². The molecule has 4 heteroatoms. The smallest absolute Gasteiger partial charge is 0.237 e. The molecule has 1 aliphatic carbocycles. The van der Waals surface area contributed by atoms with Gasteiger partial charge in [-0.15, -0.1) is 0 Å². The highest BCUT2D eigenvalue weighted by molar-refractivity contribution is 7.98. The Morgan fingerprint density at radius 3 is 2.79 bits per heavy atom. The molecule has 2 atom stereocenters. The van der Waals surface area contributed by atoms with Crippen LogP contribution in [0.1, 0.15) is 26.2 Å². The molecule has 0 heterocycles. The number of amides is 1. The largest absolute Gasteiger partial charge is 0.352 e. The molecule has 0 aromatic heterocycles. The lowest BCUT2D eigenvalue weighted by atomic mass is 10.2. The quantitative estimate of drug-likeness (QED) is 0.696. The Bertz CT molecular complexity index is 195. The molecule has 3 nitrogen and oxygen atoms in total. The predicted octanol–water partition coefficient (Wildman–Crippen LogP) is 0.981. The van der Waals surface area contributed by atoms with Crippen molar-refractivity contribution in [2.45, 2.75) is 38.3 Å². The number of carbonyl (C=O) groups is 1. The maximum Gasteiger partial charge on any atom is 0.237 e. The van der Waals surface area contributed by atoms with Gasteiger partial charge in [-0.1, -0.05) is 0 Å². The summed E-state index contributed by atoms with van der Waals surface area (Å²) in [5, 5.41) is 2.98. The minimum atomic E-state index is -0.330. The van der Waals surface area contributed by atoms with E-state index in [0.29, 0.717) is 12.0 Å². The Morgan fingerprint density at radius 2 is 2.29 bits per heavy atom. The van der Waals surface area contributed by atoms with Crippen molar-refractivity contribution in [2.75, 3.05) is 12.0 Å². The van der Waals surface area contributed by atoms with Gasteiger partial charge in [0.25, 0.3) is 0 Å². The van der Waals surface area contributed by atoms with E-state index >= 15 is 0 Å². The third-order valence-electron chi connectivity index (χ3n) is 2.67. The van der Waals surface area contributed by atoms with E-state index in [2.05, 4.69) is 12.2 Å². The molecular weight excluding hydrogens is 196 g/mol. The first-order valence-corrected chi connectivity index (χ1v) is 6.59. The maximum absolute atomic E-state index is 11.5. The number of carbonyl (C=O) groups excluding carboxylic acids is 1. The first-order valence-electron chi connectivity index (χ1n) is 5.20. The van der Waals surface area contributed by atoms with Gasteiger partial charge in [-0.3, -0.25) is 4.79 Å². The SMILES string of the molecule is CSCC[C@@H](N)C(=O)NC(C)C1CC1. The lowest BCUT2D eigenvalue weighted by molar-refractivity contribution is -0.123. The van der Waals surface area contributed by atoms with Crippen LogP contribution in [0.4, 0.5) is 0 Å². The Kier molecular flexibility index (Phi) is 4.75. The zero-order valence-electron chi connectivity index (χ0n) is 8.95.